The molecule has 0 saturated carbocycles. The van der Waals surface area contributed by atoms with Gasteiger partial charge < -0.3 is 10.0 Å². The van der Waals surface area contributed by atoms with E-state index in [1.807, 2.05) is 29.2 Å². The lowest BCUT2D eigenvalue weighted by Crippen LogP contribution is -2.21. The molecule has 3 rings (SSSR count). The number of hydrogen-bond donors (Lipinski definition) is 1. The molecule has 2 aromatic carbocycles. The number of nitrogens with zero attached hydrogens (tertiary/aromatic N) is 1. The Labute approximate surface area is 147 Å². The standard InChI is InChI=1S/C18H16F3NO2S/c19-18(20,21)13-7-8-16-15(10-13)22(9-3-6-17(23)24)14-5-2-1-4-12(14)11-25-16/h1-2,4-5,7-8,10H,3,6,9,11H2,(H,23,24). The van der Waals surface area contributed by atoms with E-state index in [9.17, 15) is 18.0 Å². The van der Waals surface area contributed by atoms with Crippen molar-refractivity contribution >= 4 is 29.1 Å². The molecule has 0 unspecified atom stereocenters. The van der Waals surface area contributed by atoms with Crippen LogP contribution in [0.1, 0.15) is 24.0 Å². The van der Waals surface area contributed by atoms with Gasteiger partial charge in [-0.3, -0.25) is 4.79 Å². The predicted molar refractivity (Wildman–Crippen MR) is 91.3 cm³/mol. The largest absolute Gasteiger partial charge is 0.481 e. The van der Waals surface area contributed by atoms with E-state index >= 15 is 0 Å². The molecule has 25 heavy (non-hydrogen) atoms. The van der Waals surface area contributed by atoms with Gasteiger partial charge in [-0.15, -0.1) is 11.8 Å². The number of anilines is 2. The maximum Gasteiger partial charge on any atom is 0.416 e. The number of fused-ring (bicyclic) bond motifs is 2. The van der Waals surface area contributed by atoms with E-state index in [0.29, 0.717) is 24.4 Å². The van der Waals surface area contributed by atoms with Crippen LogP contribution in [0, 0.1) is 0 Å². The Hall–Kier alpha value is -2.15. The summed E-state index contributed by atoms with van der Waals surface area (Å²) in [7, 11) is 0. The zero-order valence-electron chi connectivity index (χ0n) is 13.2. The lowest BCUT2D eigenvalue weighted by atomic mass is 10.1. The Morgan fingerprint density at radius 3 is 2.64 bits per heavy atom. The second-order valence-corrected chi connectivity index (χ2v) is 6.76. The molecule has 0 saturated heterocycles. The van der Waals surface area contributed by atoms with Gasteiger partial charge in [-0.05, 0) is 36.2 Å². The highest BCUT2D eigenvalue weighted by Gasteiger charge is 2.32. The zero-order chi connectivity index (χ0) is 18.0. The number of carboxylic acids is 1. The summed E-state index contributed by atoms with van der Waals surface area (Å²) in [5, 5.41) is 8.87. The van der Waals surface area contributed by atoms with Gasteiger partial charge >= 0.3 is 12.1 Å². The third-order valence-electron chi connectivity index (χ3n) is 4.02. The Balaban J connectivity index is 2.05. The minimum Gasteiger partial charge on any atom is -0.481 e. The lowest BCUT2D eigenvalue weighted by Gasteiger charge is -2.27. The van der Waals surface area contributed by atoms with Crippen LogP contribution in [0.15, 0.2) is 47.4 Å². The van der Waals surface area contributed by atoms with Crippen LogP contribution >= 0.6 is 11.8 Å². The average molecular weight is 367 g/mol. The summed E-state index contributed by atoms with van der Waals surface area (Å²) in [6.07, 6.45) is -4.09. The fourth-order valence-electron chi connectivity index (χ4n) is 2.84. The van der Waals surface area contributed by atoms with Crippen molar-refractivity contribution in [1.29, 1.82) is 0 Å². The quantitative estimate of drug-likeness (QED) is 0.795. The summed E-state index contributed by atoms with van der Waals surface area (Å²) >= 11 is 1.49. The summed E-state index contributed by atoms with van der Waals surface area (Å²) < 4.78 is 39.4. The van der Waals surface area contributed by atoms with Crippen LogP contribution in [0.4, 0.5) is 24.5 Å². The fourth-order valence-corrected chi connectivity index (χ4v) is 3.87. The fraction of sp³-hybridized carbons (Fsp3) is 0.278. The molecule has 3 nitrogen and oxygen atoms in total. The van der Waals surface area contributed by atoms with E-state index in [1.54, 1.807) is 0 Å². The first kappa shape index (κ1) is 17.7. The molecule has 0 atom stereocenters. The first-order chi connectivity index (χ1) is 11.9. The molecule has 1 aliphatic rings. The summed E-state index contributed by atoms with van der Waals surface area (Å²) in [6.45, 7) is 0.345. The Morgan fingerprint density at radius 1 is 1.16 bits per heavy atom. The van der Waals surface area contributed by atoms with Gasteiger partial charge in [0.15, 0.2) is 0 Å². The zero-order valence-corrected chi connectivity index (χ0v) is 14.0. The molecule has 1 heterocycles. The van der Waals surface area contributed by atoms with Crippen LogP contribution in [0.3, 0.4) is 0 Å². The number of benzene rings is 2. The Morgan fingerprint density at radius 2 is 1.92 bits per heavy atom. The minimum absolute atomic E-state index is 0.0277. The monoisotopic (exact) mass is 367 g/mol. The smallest absolute Gasteiger partial charge is 0.416 e. The number of halogens is 3. The molecule has 132 valence electrons. The Bertz CT molecular complexity index is 792. The molecule has 7 heteroatoms. The van der Waals surface area contributed by atoms with Crippen molar-refractivity contribution in [3.05, 3.63) is 53.6 Å². The van der Waals surface area contributed by atoms with E-state index < -0.39 is 17.7 Å². The van der Waals surface area contributed by atoms with Gasteiger partial charge in [0.2, 0.25) is 0 Å². The highest BCUT2D eigenvalue weighted by atomic mass is 32.2. The van der Waals surface area contributed by atoms with E-state index in [0.717, 1.165) is 28.3 Å². The summed E-state index contributed by atoms with van der Waals surface area (Å²) in [4.78, 5) is 13.4. The molecule has 0 radical (unpaired) electrons. The van der Waals surface area contributed by atoms with Gasteiger partial charge in [-0.1, -0.05) is 18.2 Å². The number of aliphatic carboxylic acids is 1. The molecule has 0 aliphatic carbocycles. The molecule has 2 aromatic rings. The molecule has 0 bridgehead atoms. The van der Waals surface area contributed by atoms with Gasteiger partial charge in [-0.25, -0.2) is 0 Å². The molecule has 0 aromatic heterocycles. The van der Waals surface area contributed by atoms with Gasteiger partial charge in [0, 0.05) is 29.3 Å². The first-order valence-electron chi connectivity index (χ1n) is 7.77. The number of alkyl halides is 3. The van der Waals surface area contributed by atoms with E-state index in [2.05, 4.69) is 0 Å². The molecule has 0 spiro atoms. The normalized spacial score (nSPS) is 13.8. The van der Waals surface area contributed by atoms with Crippen molar-refractivity contribution in [2.45, 2.75) is 29.7 Å². The molecule has 0 amide bonds. The number of para-hydroxylation sites is 1. The van der Waals surface area contributed by atoms with Gasteiger partial charge in [0.1, 0.15) is 0 Å². The number of thioether (sulfide) groups is 1. The van der Waals surface area contributed by atoms with Gasteiger partial charge in [0.25, 0.3) is 0 Å². The van der Waals surface area contributed by atoms with Crippen LogP contribution in [-0.4, -0.2) is 17.6 Å². The maximum atomic E-state index is 13.1. The third kappa shape index (κ3) is 3.92. The summed E-state index contributed by atoms with van der Waals surface area (Å²) in [5.74, 6) is -0.258. The minimum atomic E-state index is -4.42. The van der Waals surface area contributed by atoms with Crippen LogP contribution in [0.25, 0.3) is 0 Å². The van der Waals surface area contributed by atoms with E-state index in [1.165, 1.54) is 17.8 Å². The second-order valence-electron chi connectivity index (χ2n) is 5.75. The summed E-state index contributed by atoms with van der Waals surface area (Å²) in [5.41, 5.74) is 1.63. The van der Waals surface area contributed by atoms with Crippen molar-refractivity contribution in [3.8, 4) is 0 Å². The average Bonchev–Trinajstić information content (AvgIpc) is 2.71. The lowest BCUT2D eigenvalue weighted by molar-refractivity contribution is -0.138. The van der Waals surface area contributed by atoms with E-state index in [4.69, 9.17) is 5.11 Å². The van der Waals surface area contributed by atoms with Crippen molar-refractivity contribution in [2.24, 2.45) is 0 Å². The maximum absolute atomic E-state index is 13.1. The van der Waals surface area contributed by atoms with Crippen LogP contribution in [0.5, 0.6) is 0 Å². The number of rotatable bonds is 4. The van der Waals surface area contributed by atoms with Gasteiger partial charge in [-0.2, -0.15) is 13.2 Å². The van der Waals surface area contributed by atoms with Crippen LogP contribution in [0.2, 0.25) is 0 Å². The predicted octanol–water partition coefficient (Wildman–Crippen LogP) is 5.31. The van der Waals surface area contributed by atoms with Gasteiger partial charge in [0.05, 0.1) is 11.3 Å². The van der Waals surface area contributed by atoms with Crippen molar-refractivity contribution in [3.63, 3.8) is 0 Å². The second kappa shape index (κ2) is 7.00. The number of carbonyl (C=O) groups is 1. The Kier molecular flexibility index (Phi) is 4.94. The topological polar surface area (TPSA) is 40.5 Å². The molecule has 1 N–H and O–H groups in total. The van der Waals surface area contributed by atoms with Crippen molar-refractivity contribution in [1.82, 2.24) is 0 Å². The number of carboxylic acid groups (broad SMARTS) is 1. The highest BCUT2D eigenvalue weighted by Crippen LogP contribution is 2.44. The van der Waals surface area contributed by atoms with E-state index in [-0.39, 0.29) is 6.42 Å². The van der Waals surface area contributed by atoms with Crippen molar-refractivity contribution in [2.75, 3.05) is 11.4 Å². The number of hydrogen-bond acceptors (Lipinski definition) is 3. The first-order valence-corrected chi connectivity index (χ1v) is 8.76. The molecular weight excluding hydrogens is 351 g/mol. The summed E-state index contributed by atoms with van der Waals surface area (Å²) in [6, 6.07) is 11.3. The molecule has 1 aliphatic heterocycles. The van der Waals surface area contributed by atoms with Crippen molar-refractivity contribution < 1.29 is 23.1 Å². The molecular formula is C18H16F3NO2S. The molecule has 0 fully saturated rings. The van der Waals surface area contributed by atoms with Crippen LogP contribution in [-0.2, 0) is 16.7 Å². The van der Waals surface area contributed by atoms with Crippen LogP contribution < -0.4 is 4.90 Å². The SMILES string of the molecule is O=C(O)CCCN1c2ccccc2CSc2ccc(C(F)(F)F)cc21. The highest BCUT2D eigenvalue weighted by molar-refractivity contribution is 7.98. The third-order valence-corrected chi connectivity index (χ3v) is 5.13.